The molecule has 0 spiro atoms. The molecular weight excluding hydrogens is 266 g/mol. The number of hydrogen-bond acceptors (Lipinski definition) is 4. The fourth-order valence-corrected chi connectivity index (χ4v) is 2.97. The molecule has 1 fully saturated rings. The van der Waals surface area contributed by atoms with Gasteiger partial charge in [-0.2, -0.15) is 0 Å². The van der Waals surface area contributed by atoms with Gasteiger partial charge in [-0.05, 0) is 31.9 Å². The van der Waals surface area contributed by atoms with E-state index in [1.54, 1.807) is 0 Å². The number of nitrogens with one attached hydrogen (secondary N) is 1. The number of carbonyl (C=O) groups is 1. The Kier molecular flexibility index (Phi) is 3.63. The number of aromatic nitrogens is 3. The maximum Gasteiger partial charge on any atom is 0.240 e. The van der Waals surface area contributed by atoms with Crippen LogP contribution in [0.3, 0.4) is 0 Å². The lowest BCUT2D eigenvalue weighted by Crippen LogP contribution is -2.55. The number of amides is 1. The van der Waals surface area contributed by atoms with Gasteiger partial charge in [0.05, 0.1) is 11.6 Å². The van der Waals surface area contributed by atoms with E-state index in [-0.39, 0.29) is 11.9 Å². The van der Waals surface area contributed by atoms with Crippen molar-refractivity contribution in [2.75, 3.05) is 0 Å². The monoisotopic (exact) mass is 287 g/mol. The lowest BCUT2D eigenvalue weighted by molar-refractivity contribution is -0.128. The van der Waals surface area contributed by atoms with Crippen LogP contribution in [0.25, 0.3) is 5.65 Å². The summed E-state index contributed by atoms with van der Waals surface area (Å²) in [5.74, 6) is 0.640. The van der Waals surface area contributed by atoms with Gasteiger partial charge >= 0.3 is 0 Å². The van der Waals surface area contributed by atoms with Gasteiger partial charge in [0.25, 0.3) is 0 Å². The molecule has 0 radical (unpaired) electrons. The number of nitrogens with two attached hydrogens (primary N) is 1. The van der Waals surface area contributed by atoms with Gasteiger partial charge in [-0.1, -0.05) is 25.3 Å². The van der Waals surface area contributed by atoms with Gasteiger partial charge in [0, 0.05) is 6.20 Å². The molecule has 6 nitrogen and oxygen atoms in total. The highest BCUT2D eigenvalue weighted by Gasteiger charge is 2.36. The first-order valence-electron chi connectivity index (χ1n) is 7.50. The number of hydrogen-bond donors (Lipinski definition) is 2. The zero-order valence-electron chi connectivity index (χ0n) is 12.2. The smallest absolute Gasteiger partial charge is 0.240 e. The number of rotatable bonds is 3. The molecule has 1 unspecified atom stereocenters. The van der Waals surface area contributed by atoms with Crippen LogP contribution in [-0.4, -0.2) is 26.0 Å². The summed E-state index contributed by atoms with van der Waals surface area (Å²) >= 11 is 0. The molecule has 2 aromatic rings. The highest BCUT2D eigenvalue weighted by atomic mass is 16.2. The van der Waals surface area contributed by atoms with Crippen LogP contribution >= 0.6 is 0 Å². The van der Waals surface area contributed by atoms with Crippen LogP contribution in [0.5, 0.6) is 0 Å². The van der Waals surface area contributed by atoms with Crippen LogP contribution in [0.15, 0.2) is 24.4 Å². The summed E-state index contributed by atoms with van der Waals surface area (Å²) in [4.78, 5) is 12.5. The molecule has 21 heavy (non-hydrogen) atoms. The summed E-state index contributed by atoms with van der Waals surface area (Å²) in [5, 5.41) is 11.3. The average Bonchev–Trinajstić information content (AvgIpc) is 2.92. The second-order valence-electron chi connectivity index (χ2n) is 5.90. The third-order valence-electron chi connectivity index (χ3n) is 4.27. The third kappa shape index (κ3) is 2.63. The molecule has 2 heterocycles. The summed E-state index contributed by atoms with van der Waals surface area (Å²) in [6, 6.07) is 5.49. The van der Waals surface area contributed by atoms with Crippen molar-refractivity contribution in [3.8, 4) is 0 Å². The Bertz CT molecular complexity index is 644. The largest absolute Gasteiger partial charge is 0.345 e. The maximum atomic E-state index is 12.5. The molecule has 1 amide bonds. The topological polar surface area (TPSA) is 85.3 Å². The predicted molar refractivity (Wildman–Crippen MR) is 79.5 cm³/mol. The lowest BCUT2D eigenvalue weighted by atomic mass is 9.82. The Balaban J connectivity index is 1.76. The fraction of sp³-hybridized carbons (Fsp3) is 0.533. The standard InChI is InChI=1S/C15H21N5O/c1-11(13-19-18-12-7-3-6-10-20(12)13)17-14(21)15(16)8-4-2-5-9-15/h3,6-7,10-11H,2,4-5,8-9,16H2,1H3,(H,17,21). The molecule has 3 rings (SSSR count). The number of pyridine rings is 1. The van der Waals surface area contributed by atoms with Crippen LogP contribution in [-0.2, 0) is 4.79 Å². The minimum atomic E-state index is -0.729. The maximum absolute atomic E-state index is 12.5. The normalized spacial score (nSPS) is 19.3. The summed E-state index contributed by atoms with van der Waals surface area (Å²) < 4.78 is 1.88. The molecule has 1 aliphatic carbocycles. The summed E-state index contributed by atoms with van der Waals surface area (Å²) in [6.07, 6.45) is 6.61. The van der Waals surface area contributed by atoms with E-state index in [2.05, 4.69) is 15.5 Å². The van der Waals surface area contributed by atoms with Gasteiger partial charge in [-0.15, -0.1) is 10.2 Å². The van der Waals surface area contributed by atoms with Crippen molar-refractivity contribution >= 4 is 11.6 Å². The predicted octanol–water partition coefficient (Wildman–Crippen LogP) is 1.57. The molecule has 0 saturated heterocycles. The van der Waals surface area contributed by atoms with Gasteiger partial charge in [-0.3, -0.25) is 9.20 Å². The second kappa shape index (κ2) is 5.44. The van der Waals surface area contributed by atoms with Gasteiger partial charge < -0.3 is 11.1 Å². The number of fused-ring (bicyclic) bond motifs is 1. The van der Waals surface area contributed by atoms with E-state index in [4.69, 9.17) is 5.73 Å². The van der Waals surface area contributed by atoms with Crippen molar-refractivity contribution in [1.82, 2.24) is 19.9 Å². The summed E-state index contributed by atoms with van der Waals surface area (Å²) in [7, 11) is 0. The molecule has 112 valence electrons. The van der Waals surface area contributed by atoms with Crippen LogP contribution < -0.4 is 11.1 Å². The highest BCUT2D eigenvalue weighted by Crippen LogP contribution is 2.26. The molecule has 0 aliphatic heterocycles. The Hall–Kier alpha value is -1.95. The highest BCUT2D eigenvalue weighted by molar-refractivity contribution is 5.86. The minimum Gasteiger partial charge on any atom is -0.345 e. The molecule has 1 saturated carbocycles. The molecular formula is C15H21N5O. The van der Waals surface area contributed by atoms with E-state index in [1.165, 1.54) is 0 Å². The Morgan fingerprint density at radius 2 is 2.10 bits per heavy atom. The molecule has 1 atom stereocenters. The van der Waals surface area contributed by atoms with E-state index < -0.39 is 5.54 Å². The van der Waals surface area contributed by atoms with Gasteiger partial charge in [0.1, 0.15) is 0 Å². The Labute approximate surface area is 123 Å². The average molecular weight is 287 g/mol. The van der Waals surface area contributed by atoms with Gasteiger partial charge in [0.15, 0.2) is 11.5 Å². The van der Waals surface area contributed by atoms with Gasteiger partial charge in [-0.25, -0.2) is 0 Å². The lowest BCUT2D eigenvalue weighted by Gasteiger charge is -2.32. The SMILES string of the molecule is CC(NC(=O)C1(N)CCCCC1)c1nnc2ccccn12. The van der Waals surface area contributed by atoms with Crippen molar-refractivity contribution in [2.24, 2.45) is 5.73 Å². The first-order chi connectivity index (χ1) is 10.1. The van der Waals surface area contributed by atoms with Crippen LogP contribution in [0.2, 0.25) is 0 Å². The molecule has 6 heteroatoms. The van der Waals surface area contributed by atoms with Crippen molar-refractivity contribution in [3.05, 3.63) is 30.2 Å². The second-order valence-corrected chi connectivity index (χ2v) is 5.90. The van der Waals surface area contributed by atoms with E-state index in [9.17, 15) is 4.79 Å². The van der Waals surface area contributed by atoms with Crippen molar-refractivity contribution in [1.29, 1.82) is 0 Å². The Morgan fingerprint density at radius 3 is 2.86 bits per heavy atom. The minimum absolute atomic E-state index is 0.0811. The third-order valence-corrected chi connectivity index (χ3v) is 4.27. The van der Waals surface area contributed by atoms with E-state index >= 15 is 0 Å². The number of carbonyl (C=O) groups excluding carboxylic acids is 1. The van der Waals surface area contributed by atoms with E-state index in [0.717, 1.165) is 43.6 Å². The van der Waals surface area contributed by atoms with E-state index in [1.807, 2.05) is 35.7 Å². The van der Waals surface area contributed by atoms with Crippen molar-refractivity contribution in [2.45, 2.75) is 50.6 Å². The van der Waals surface area contributed by atoms with Gasteiger partial charge in [0.2, 0.25) is 5.91 Å². The molecule has 0 aromatic carbocycles. The summed E-state index contributed by atoms with van der Waals surface area (Å²) in [6.45, 7) is 1.91. The molecule has 3 N–H and O–H groups in total. The van der Waals surface area contributed by atoms with E-state index in [0.29, 0.717) is 0 Å². The van der Waals surface area contributed by atoms with Crippen LogP contribution in [0, 0.1) is 0 Å². The molecule has 1 aliphatic rings. The number of nitrogens with zero attached hydrogens (tertiary/aromatic N) is 3. The van der Waals surface area contributed by atoms with Crippen LogP contribution in [0.4, 0.5) is 0 Å². The first-order valence-corrected chi connectivity index (χ1v) is 7.50. The molecule has 0 bridgehead atoms. The Morgan fingerprint density at radius 1 is 1.33 bits per heavy atom. The fourth-order valence-electron chi connectivity index (χ4n) is 2.97. The van der Waals surface area contributed by atoms with Crippen molar-refractivity contribution in [3.63, 3.8) is 0 Å². The quantitative estimate of drug-likeness (QED) is 0.897. The van der Waals surface area contributed by atoms with Crippen molar-refractivity contribution < 1.29 is 4.79 Å². The summed E-state index contributed by atoms with van der Waals surface area (Å²) in [5.41, 5.74) is 6.30. The zero-order chi connectivity index (χ0) is 14.9. The molecule has 2 aromatic heterocycles. The zero-order valence-corrected chi connectivity index (χ0v) is 12.2. The van der Waals surface area contributed by atoms with Crippen LogP contribution in [0.1, 0.15) is 50.9 Å². The first kappa shape index (κ1) is 14.0.